The van der Waals surface area contributed by atoms with E-state index in [-0.39, 0.29) is 0 Å². The minimum absolute atomic E-state index is 0.506. The van der Waals surface area contributed by atoms with Crippen molar-refractivity contribution in [1.29, 1.82) is 0 Å². The molecule has 1 heteroatoms. The van der Waals surface area contributed by atoms with Crippen molar-refractivity contribution in [2.75, 3.05) is 6.54 Å². The molecule has 1 nitrogen and oxygen atoms in total. The number of rotatable bonds is 2. The molecule has 0 radical (unpaired) electrons. The molecule has 0 aliphatic heterocycles. The highest BCUT2D eigenvalue weighted by molar-refractivity contribution is 4.98. The van der Waals surface area contributed by atoms with Crippen LogP contribution < -0.4 is 5.73 Å². The van der Waals surface area contributed by atoms with Crippen molar-refractivity contribution < 1.29 is 0 Å². The van der Waals surface area contributed by atoms with E-state index in [1.165, 1.54) is 64.2 Å². The zero-order chi connectivity index (χ0) is 10.8. The summed E-state index contributed by atoms with van der Waals surface area (Å²) in [6.45, 7) is 3.47. The van der Waals surface area contributed by atoms with Crippen LogP contribution in [0.4, 0.5) is 0 Å². The Hall–Kier alpha value is -0.0400. The van der Waals surface area contributed by atoms with Gasteiger partial charge in [-0.1, -0.05) is 45.4 Å². The lowest BCUT2D eigenvalue weighted by molar-refractivity contribution is -0.0122. The first kappa shape index (κ1) is 11.4. The Bertz CT molecular complexity index is 197. The van der Waals surface area contributed by atoms with Crippen LogP contribution in [0.25, 0.3) is 0 Å². The molecular formula is C14H27N. The summed E-state index contributed by atoms with van der Waals surface area (Å²) in [6.07, 6.45) is 14.3. The molecule has 0 amide bonds. The summed E-state index contributed by atoms with van der Waals surface area (Å²) in [7, 11) is 0. The van der Waals surface area contributed by atoms with Gasteiger partial charge in [-0.15, -0.1) is 0 Å². The second-order valence-corrected chi connectivity index (χ2v) is 6.17. The normalized spacial score (nSPS) is 30.0. The third-order valence-corrected chi connectivity index (χ3v) is 5.44. The molecule has 2 aliphatic carbocycles. The van der Waals surface area contributed by atoms with Crippen molar-refractivity contribution >= 4 is 0 Å². The molecule has 0 aromatic carbocycles. The van der Waals surface area contributed by atoms with Gasteiger partial charge in [0.05, 0.1) is 0 Å². The number of nitrogens with two attached hydrogens (primary N) is 1. The highest BCUT2D eigenvalue weighted by atomic mass is 14.7. The Morgan fingerprint density at radius 2 is 1.27 bits per heavy atom. The third-order valence-electron chi connectivity index (χ3n) is 5.44. The topological polar surface area (TPSA) is 26.0 Å². The minimum Gasteiger partial charge on any atom is -0.330 e. The summed E-state index contributed by atoms with van der Waals surface area (Å²) in [4.78, 5) is 0. The highest BCUT2D eigenvalue weighted by Crippen LogP contribution is 2.55. The molecule has 0 unspecified atom stereocenters. The van der Waals surface area contributed by atoms with Gasteiger partial charge < -0.3 is 5.73 Å². The second kappa shape index (κ2) is 4.45. The highest BCUT2D eigenvalue weighted by Gasteiger charge is 2.47. The maximum atomic E-state index is 6.15. The van der Waals surface area contributed by atoms with Crippen LogP contribution >= 0.6 is 0 Å². The van der Waals surface area contributed by atoms with Crippen LogP contribution in [0.5, 0.6) is 0 Å². The van der Waals surface area contributed by atoms with E-state index in [1.54, 1.807) is 0 Å². The van der Waals surface area contributed by atoms with Crippen LogP contribution in [0, 0.1) is 10.8 Å². The van der Waals surface area contributed by atoms with Gasteiger partial charge in [0.25, 0.3) is 0 Å². The molecule has 0 bridgehead atoms. The van der Waals surface area contributed by atoms with Gasteiger partial charge in [-0.05, 0) is 43.1 Å². The van der Waals surface area contributed by atoms with Crippen LogP contribution in [0.1, 0.15) is 71.1 Å². The molecule has 88 valence electrons. The van der Waals surface area contributed by atoms with Gasteiger partial charge in [0.15, 0.2) is 0 Å². The largest absolute Gasteiger partial charge is 0.330 e. The SMILES string of the molecule is CC1(C2(CN)CCCCC2)CCCCC1. The van der Waals surface area contributed by atoms with Gasteiger partial charge in [-0.25, -0.2) is 0 Å². The summed E-state index contributed by atoms with van der Waals surface area (Å²) in [6, 6.07) is 0. The Morgan fingerprint density at radius 3 is 1.73 bits per heavy atom. The Kier molecular flexibility index (Phi) is 3.39. The van der Waals surface area contributed by atoms with Gasteiger partial charge in [-0.2, -0.15) is 0 Å². The zero-order valence-electron chi connectivity index (χ0n) is 10.4. The predicted molar refractivity (Wildman–Crippen MR) is 65.8 cm³/mol. The summed E-state index contributed by atoms with van der Waals surface area (Å²) >= 11 is 0. The molecule has 0 atom stereocenters. The smallest absolute Gasteiger partial charge is 0.00153 e. The maximum Gasteiger partial charge on any atom is -0.00153 e. The van der Waals surface area contributed by atoms with Crippen molar-refractivity contribution in [3.63, 3.8) is 0 Å². The molecule has 2 fully saturated rings. The van der Waals surface area contributed by atoms with Crippen molar-refractivity contribution in [2.45, 2.75) is 71.1 Å². The van der Waals surface area contributed by atoms with Gasteiger partial charge in [0.2, 0.25) is 0 Å². The average molecular weight is 209 g/mol. The quantitative estimate of drug-likeness (QED) is 0.734. The molecule has 0 spiro atoms. The molecule has 15 heavy (non-hydrogen) atoms. The first-order chi connectivity index (χ1) is 7.22. The summed E-state index contributed by atoms with van der Waals surface area (Å²) in [5.74, 6) is 0. The lowest BCUT2D eigenvalue weighted by Gasteiger charge is -2.53. The summed E-state index contributed by atoms with van der Waals surface area (Å²) < 4.78 is 0. The van der Waals surface area contributed by atoms with E-state index < -0.39 is 0 Å². The molecular weight excluding hydrogens is 182 g/mol. The molecule has 0 saturated heterocycles. The third kappa shape index (κ3) is 1.95. The van der Waals surface area contributed by atoms with Crippen molar-refractivity contribution in [3.05, 3.63) is 0 Å². The predicted octanol–water partition coefficient (Wildman–Crippen LogP) is 3.87. The van der Waals surface area contributed by atoms with E-state index in [2.05, 4.69) is 6.92 Å². The minimum atomic E-state index is 0.506. The van der Waals surface area contributed by atoms with Crippen molar-refractivity contribution in [2.24, 2.45) is 16.6 Å². The van der Waals surface area contributed by atoms with Crippen LogP contribution in [-0.2, 0) is 0 Å². The Morgan fingerprint density at radius 1 is 0.800 bits per heavy atom. The summed E-state index contributed by atoms with van der Waals surface area (Å²) in [5.41, 5.74) is 7.23. The van der Waals surface area contributed by atoms with E-state index in [1.807, 2.05) is 0 Å². The summed E-state index contributed by atoms with van der Waals surface area (Å²) in [5, 5.41) is 0. The van der Waals surface area contributed by atoms with Gasteiger partial charge >= 0.3 is 0 Å². The molecule has 2 rings (SSSR count). The van der Waals surface area contributed by atoms with Crippen LogP contribution in [0.3, 0.4) is 0 Å². The maximum absolute atomic E-state index is 6.15. The molecule has 0 aromatic rings. The molecule has 2 saturated carbocycles. The number of hydrogen-bond donors (Lipinski definition) is 1. The van der Waals surface area contributed by atoms with E-state index in [9.17, 15) is 0 Å². The standard InChI is InChI=1S/C14H27N/c1-13(8-4-2-5-9-13)14(12-15)10-6-3-7-11-14/h2-12,15H2,1H3. The molecule has 0 heterocycles. The second-order valence-electron chi connectivity index (χ2n) is 6.17. The van der Waals surface area contributed by atoms with Gasteiger partial charge in [0.1, 0.15) is 0 Å². The fourth-order valence-electron chi connectivity index (χ4n) is 4.15. The van der Waals surface area contributed by atoms with E-state index in [4.69, 9.17) is 5.73 Å². The monoisotopic (exact) mass is 209 g/mol. The van der Waals surface area contributed by atoms with E-state index in [0.29, 0.717) is 10.8 Å². The molecule has 2 aliphatic rings. The van der Waals surface area contributed by atoms with Gasteiger partial charge in [-0.3, -0.25) is 0 Å². The Labute approximate surface area is 94.8 Å². The van der Waals surface area contributed by atoms with E-state index >= 15 is 0 Å². The number of hydrogen-bond acceptors (Lipinski definition) is 1. The fourth-order valence-corrected chi connectivity index (χ4v) is 4.15. The fraction of sp³-hybridized carbons (Fsp3) is 1.00. The lowest BCUT2D eigenvalue weighted by Crippen LogP contribution is -2.47. The molecule has 2 N–H and O–H groups in total. The molecule has 0 aromatic heterocycles. The Balaban J connectivity index is 2.15. The van der Waals surface area contributed by atoms with Crippen LogP contribution in [0.15, 0.2) is 0 Å². The zero-order valence-corrected chi connectivity index (χ0v) is 10.4. The van der Waals surface area contributed by atoms with Gasteiger partial charge in [0, 0.05) is 0 Å². The van der Waals surface area contributed by atoms with Crippen molar-refractivity contribution in [3.8, 4) is 0 Å². The first-order valence-corrected chi connectivity index (χ1v) is 6.93. The average Bonchev–Trinajstić information content (AvgIpc) is 2.31. The first-order valence-electron chi connectivity index (χ1n) is 6.93. The lowest BCUT2D eigenvalue weighted by atomic mass is 9.53. The van der Waals surface area contributed by atoms with E-state index in [0.717, 1.165) is 6.54 Å². The van der Waals surface area contributed by atoms with Crippen LogP contribution in [0.2, 0.25) is 0 Å². The van der Waals surface area contributed by atoms with Crippen molar-refractivity contribution in [1.82, 2.24) is 0 Å². The van der Waals surface area contributed by atoms with Crippen LogP contribution in [-0.4, -0.2) is 6.54 Å².